The molecule has 60 heavy (non-hydrogen) atoms. The number of rotatable bonds is 11. The van der Waals surface area contributed by atoms with Gasteiger partial charge in [-0.05, 0) is 118 Å². The Hall–Kier alpha value is -6.31. The van der Waals surface area contributed by atoms with Crippen LogP contribution in [0.4, 0.5) is 30.2 Å². The van der Waals surface area contributed by atoms with Gasteiger partial charge in [-0.25, -0.2) is 0 Å². The third-order valence-corrected chi connectivity index (χ3v) is 11.9. The van der Waals surface area contributed by atoms with Gasteiger partial charge in [-0.1, -0.05) is 12.1 Å². The van der Waals surface area contributed by atoms with E-state index in [1.165, 1.54) is 6.07 Å². The van der Waals surface area contributed by atoms with Crippen LogP contribution in [0, 0.1) is 23.2 Å². The summed E-state index contributed by atoms with van der Waals surface area (Å²) in [6.07, 6.45) is -1.82. The van der Waals surface area contributed by atoms with Gasteiger partial charge in [-0.3, -0.25) is 29.4 Å². The van der Waals surface area contributed by atoms with E-state index in [1.54, 1.807) is 55.3 Å². The number of halogens is 3. The first-order chi connectivity index (χ1) is 28.6. The first-order valence-electron chi connectivity index (χ1n) is 19.4. The van der Waals surface area contributed by atoms with Crippen molar-refractivity contribution in [3.05, 3.63) is 95.7 Å². The lowest BCUT2D eigenvalue weighted by molar-refractivity contribution is -0.138. The fourth-order valence-corrected chi connectivity index (χ4v) is 8.76. The van der Waals surface area contributed by atoms with E-state index in [9.17, 15) is 37.6 Å². The van der Waals surface area contributed by atoms with Crippen molar-refractivity contribution in [2.24, 2.45) is 11.8 Å². The van der Waals surface area contributed by atoms with Crippen LogP contribution in [0.1, 0.15) is 55.7 Å². The average Bonchev–Trinajstić information content (AvgIpc) is 3.79. The zero-order valence-corrected chi connectivity index (χ0v) is 33.6. The van der Waals surface area contributed by atoms with Crippen molar-refractivity contribution in [2.45, 2.75) is 50.7 Å². The van der Waals surface area contributed by atoms with Crippen molar-refractivity contribution in [3.8, 4) is 11.8 Å². The minimum Gasteiger partial charge on any atom is -0.492 e. The number of amides is 4. The number of thiocarbonyl (C=S) groups is 1. The molecular formula is C44H39F3N6O6S. The smallest absolute Gasteiger partial charge is 0.417 e. The number of ether oxygens (including phenoxy) is 1. The van der Waals surface area contributed by atoms with Crippen molar-refractivity contribution in [3.63, 3.8) is 0 Å². The number of benzene rings is 4. The SMILES string of the molecule is CN(CCOc1ccc(N2C(=S)N(c3ccc(C#N)c(C(F)(F)F)c3)C(=O)C2(C)C)cc1)CC1CC1C(=O)Nc1cccc2c1ccc1occ(C3CCC(=O)NC3=O)c12. The second-order valence-corrected chi connectivity index (χ2v) is 16.3. The van der Waals surface area contributed by atoms with Gasteiger partial charge in [-0.2, -0.15) is 18.4 Å². The minimum atomic E-state index is -4.80. The van der Waals surface area contributed by atoms with Crippen LogP contribution >= 0.6 is 12.2 Å². The number of piperidine rings is 1. The molecule has 3 aliphatic rings. The van der Waals surface area contributed by atoms with Gasteiger partial charge in [0.1, 0.15) is 23.5 Å². The lowest BCUT2D eigenvalue weighted by Crippen LogP contribution is -2.44. The Morgan fingerprint density at radius 2 is 1.82 bits per heavy atom. The van der Waals surface area contributed by atoms with Crippen LogP contribution in [0.3, 0.4) is 0 Å². The van der Waals surface area contributed by atoms with E-state index in [1.807, 2.05) is 37.4 Å². The van der Waals surface area contributed by atoms with Crippen LogP contribution in [0.2, 0.25) is 0 Å². The summed E-state index contributed by atoms with van der Waals surface area (Å²) in [5, 5.41) is 17.2. The summed E-state index contributed by atoms with van der Waals surface area (Å²) < 4.78 is 53.0. The fraction of sp³-hybridized carbons (Fsp3) is 0.318. The number of hydrogen-bond donors (Lipinski definition) is 2. The molecule has 8 rings (SSSR count). The molecule has 0 spiro atoms. The summed E-state index contributed by atoms with van der Waals surface area (Å²) in [7, 11) is 1.96. The maximum atomic E-state index is 13.7. The van der Waals surface area contributed by atoms with Crippen LogP contribution in [0.25, 0.3) is 21.7 Å². The molecule has 0 radical (unpaired) electrons. The third-order valence-electron chi connectivity index (χ3n) is 11.5. The summed E-state index contributed by atoms with van der Waals surface area (Å²) in [4.78, 5) is 56.2. The van der Waals surface area contributed by atoms with Gasteiger partial charge in [0.15, 0.2) is 5.11 Å². The second kappa shape index (κ2) is 15.4. The van der Waals surface area contributed by atoms with Gasteiger partial charge < -0.3 is 24.3 Å². The molecule has 308 valence electrons. The van der Waals surface area contributed by atoms with Crippen LogP contribution in [-0.2, 0) is 25.4 Å². The average molecular weight is 837 g/mol. The number of furan rings is 1. The molecule has 3 atom stereocenters. The summed E-state index contributed by atoms with van der Waals surface area (Å²) in [6, 6.07) is 20.9. The highest BCUT2D eigenvalue weighted by Gasteiger charge is 2.51. The quantitative estimate of drug-likeness (QED) is 0.101. The number of alkyl halides is 3. The van der Waals surface area contributed by atoms with E-state index >= 15 is 0 Å². The highest BCUT2D eigenvalue weighted by molar-refractivity contribution is 7.81. The highest BCUT2D eigenvalue weighted by atomic mass is 32.1. The molecular weight excluding hydrogens is 798 g/mol. The number of carbonyl (C=O) groups excluding carboxylic acids is 4. The van der Waals surface area contributed by atoms with Crippen LogP contribution in [-0.4, -0.2) is 65.9 Å². The van der Waals surface area contributed by atoms with Gasteiger partial charge in [-0.15, -0.1) is 0 Å². The Labute approximate surface area is 347 Å². The van der Waals surface area contributed by atoms with E-state index in [0.717, 1.165) is 39.6 Å². The van der Waals surface area contributed by atoms with Crippen LogP contribution < -0.4 is 25.2 Å². The molecule has 0 bridgehead atoms. The molecule has 1 aliphatic carbocycles. The number of carbonyl (C=O) groups is 4. The Bertz CT molecular complexity index is 2640. The van der Waals surface area contributed by atoms with Crippen molar-refractivity contribution >= 4 is 79.8 Å². The lowest BCUT2D eigenvalue weighted by Gasteiger charge is -2.29. The molecule has 12 nitrogen and oxygen atoms in total. The number of nitrogens with zero attached hydrogens (tertiary/aromatic N) is 4. The Morgan fingerprint density at radius 1 is 1.07 bits per heavy atom. The predicted molar refractivity (Wildman–Crippen MR) is 221 cm³/mol. The Kier molecular flexibility index (Phi) is 10.4. The molecule has 1 saturated carbocycles. The van der Waals surface area contributed by atoms with Gasteiger partial charge in [0.2, 0.25) is 17.7 Å². The number of hydrogen-bond acceptors (Lipinski definition) is 9. The Balaban J connectivity index is 0.850. The molecule has 2 saturated heterocycles. The van der Waals surface area contributed by atoms with Crippen molar-refractivity contribution in [1.82, 2.24) is 10.2 Å². The summed E-state index contributed by atoms with van der Waals surface area (Å²) >= 11 is 5.64. The van der Waals surface area contributed by atoms with Gasteiger partial charge in [0.05, 0.1) is 35.1 Å². The number of anilines is 3. The third kappa shape index (κ3) is 7.43. The number of likely N-dealkylation sites (N-methyl/N-ethyl adjacent to an activating group) is 1. The van der Waals surface area contributed by atoms with Crippen LogP contribution in [0.15, 0.2) is 83.5 Å². The molecule has 2 N–H and O–H groups in total. The maximum Gasteiger partial charge on any atom is 0.417 e. The van der Waals surface area contributed by atoms with E-state index in [4.69, 9.17) is 21.4 Å². The van der Waals surface area contributed by atoms with E-state index < -0.39 is 34.7 Å². The van der Waals surface area contributed by atoms with Crippen LogP contribution in [0.5, 0.6) is 5.75 Å². The first-order valence-corrected chi connectivity index (χ1v) is 19.8. The maximum absolute atomic E-state index is 13.7. The second-order valence-electron chi connectivity index (χ2n) is 15.9. The van der Waals surface area contributed by atoms with Crippen molar-refractivity contribution in [1.29, 1.82) is 5.26 Å². The molecule has 4 amide bonds. The number of fused-ring (bicyclic) bond motifs is 3. The monoisotopic (exact) mass is 836 g/mol. The number of imide groups is 1. The first kappa shape index (κ1) is 40.5. The van der Waals surface area contributed by atoms with Crippen molar-refractivity contribution < 1.29 is 41.5 Å². The number of nitrogens with one attached hydrogen (secondary N) is 2. The normalized spacial score (nSPS) is 20.2. The molecule has 4 aromatic carbocycles. The number of nitriles is 1. The molecule has 1 aromatic heterocycles. The molecule has 3 heterocycles. The molecule has 3 fully saturated rings. The zero-order chi connectivity index (χ0) is 42.7. The molecule has 16 heteroatoms. The summed E-state index contributed by atoms with van der Waals surface area (Å²) in [5.41, 5.74) is -0.466. The highest BCUT2D eigenvalue weighted by Crippen LogP contribution is 2.43. The minimum absolute atomic E-state index is 0.00128. The van der Waals surface area contributed by atoms with Gasteiger partial charge in [0.25, 0.3) is 5.91 Å². The standard InChI is InChI=1S/C44H39F3N6O6S/c1-43(2)41(57)52(27-8-7-24(21-48)34(20-27)44(45,46)47)42(60)53(43)26-9-11-28(12-10-26)58-18-17-51(3)22-25-19-32(25)40(56)49-35-6-4-5-30-29(35)13-15-36-38(30)33(23-59-36)31-14-16-37(54)50-39(31)55/h4-13,15,20,23,25,31-32H,14,16-19,22H2,1-3H3,(H,49,56)(H,50,54,55). The van der Waals surface area contributed by atoms with E-state index in [2.05, 4.69) is 15.5 Å². The predicted octanol–water partition coefficient (Wildman–Crippen LogP) is 7.50. The van der Waals surface area contributed by atoms with E-state index in [-0.39, 0.29) is 46.8 Å². The molecule has 5 aromatic rings. The molecule has 3 unspecified atom stereocenters. The largest absolute Gasteiger partial charge is 0.492 e. The topological polar surface area (TPSA) is 148 Å². The summed E-state index contributed by atoms with van der Waals surface area (Å²) in [6.45, 7) is 4.90. The lowest BCUT2D eigenvalue weighted by atomic mass is 9.88. The molecule has 2 aliphatic heterocycles. The van der Waals surface area contributed by atoms with Gasteiger partial charge >= 0.3 is 6.18 Å². The Morgan fingerprint density at radius 3 is 2.53 bits per heavy atom. The zero-order valence-electron chi connectivity index (χ0n) is 32.8. The fourth-order valence-electron chi connectivity index (χ4n) is 8.23. The summed E-state index contributed by atoms with van der Waals surface area (Å²) in [5.74, 6) is -1.14. The van der Waals surface area contributed by atoms with Gasteiger partial charge in [0, 0.05) is 53.1 Å². The van der Waals surface area contributed by atoms with E-state index in [0.29, 0.717) is 54.4 Å². The van der Waals surface area contributed by atoms with Crippen molar-refractivity contribution in [2.75, 3.05) is 41.9 Å².